The lowest BCUT2D eigenvalue weighted by Crippen LogP contribution is -2.40. The first-order valence-corrected chi connectivity index (χ1v) is 10.6. The molecule has 0 aliphatic carbocycles. The Kier molecular flexibility index (Phi) is 7.27. The fourth-order valence-electron chi connectivity index (χ4n) is 4.03. The second kappa shape index (κ2) is 9.45. The first-order valence-electron chi connectivity index (χ1n) is 9.85. The van der Waals surface area contributed by atoms with Gasteiger partial charge in [0.15, 0.2) is 0 Å². The van der Waals surface area contributed by atoms with E-state index in [9.17, 15) is 22.4 Å². The van der Waals surface area contributed by atoms with E-state index in [1.165, 1.54) is 11.0 Å². The average molecular weight is 492 g/mol. The number of urea groups is 1. The van der Waals surface area contributed by atoms with Gasteiger partial charge < -0.3 is 9.80 Å². The molecule has 0 N–H and O–H groups in total. The lowest BCUT2D eigenvalue weighted by Gasteiger charge is -2.29. The predicted octanol–water partition coefficient (Wildman–Crippen LogP) is 5.73. The summed E-state index contributed by atoms with van der Waals surface area (Å²) in [6.07, 6.45) is -4.74. The highest BCUT2D eigenvalue weighted by atomic mass is 35.5. The van der Waals surface area contributed by atoms with Crippen LogP contribution in [0.15, 0.2) is 36.4 Å². The molecular weight excluding hydrogens is 469 g/mol. The van der Waals surface area contributed by atoms with Crippen LogP contribution in [0, 0.1) is 5.82 Å². The maximum Gasteiger partial charge on any atom is 0.419 e. The molecule has 1 fully saturated rings. The van der Waals surface area contributed by atoms with Crippen molar-refractivity contribution in [2.24, 2.45) is 0 Å². The van der Waals surface area contributed by atoms with Crippen LogP contribution >= 0.6 is 23.2 Å². The van der Waals surface area contributed by atoms with Gasteiger partial charge in [0.1, 0.15) is 5.82 Å². The molecule has 1 saturated heterocycles. The fourth-order valence-corrected chi connectivity index (χ4v) is 4.34. The van der Waals surface area contributed by atoms with Gasteiger partial charge in [-0.05, 0) is 42.4 Å². The Morgan fingerprint density at radius 1 is 1.06 bits per heavy atom. The zero-order valence-electron chi connectivity index (χ0n) is 17.8. The van der Waals surface area contributed by atoms with Crippen molar-refractivity contribution in [3.8, 4) is 0 Å². The number of nitrogens with zero attached hydrogens (tertiary/aromatic N) is 3. The van der Waals surface area contributed by atoms with Gasteiger partial charge in [-0.15, -0.1) is 0 Å². The summed E-state index contributed by atoms with van der Waals surface area (Å²) >= 11 is 12.2. The topological polar surface area (TPSA) is 26.8 Å². The summed E-state index contributed by atoms with van der Waals surface area (Å²) in [5, 5.41) is 0.813. The average Bonchev–Trinajstić information content (AvgIpc) is 3.14. The Bertz CT molecular complexity index is 1000. The van der Waals surface area contributed by atoms with Crippen molar-refractivity contribution in [2.75, 3.05) is 34.2 Å². The molecule has 1 heterocycles. The molecule has 2 aromatic rings. The number of hydrogen-bond acceptors (Lipinski definition) is 2. The highest BCUT2D eigenvalue weighted by Crippen LogP contribution is 2.36. The molecule has 0 bridgehead atoms. The van der Waals surface area contributed by atoms with Gasteiger partial charge in [0, 0.05) is 45.7 Å². The van der Waals surface area contributed by atoms with Crippen LogP contribution in [0.1, 0.15) is 22.6 Å². The summed E-state index contributed by atoms with van der Waals surface area (Å²) in [7, 11) is 5.13. The van der Waals surface area contributed by atoms with Gasteiger partial charge in [0.25, 0.3) is 0 Å². The van der Waals surface area contributed by atoms with Crippen molar-refractivity contribution >= 4 is 29.2 Å². The number of benzene rings is 2. The molecule has 1 unspecified atom stereocenters. The number of amides is 2. The van der Waals surface area contributed by atoms with E-state index < -0.39 is 17.6 Å². The van der Waals surface area contributed by atoms with Gasteiger partial charge in [-0.25, -0.2) is 9.18 Å². The largest absolute Gasteiger partial charge is 0.419 e. The van der Waals surface area contributed by atoms with Crippen LogP contribution in [-0.2, 0) is 12.7 Å². The van der Waals surface area contributed by atoms with Crippen molar-refractivity contribution in [1.82, 2.24) is 14.7 Å². The van der Waals surface area contributed by atoms with Crippen LogP contribution in [0.2, 0.25) is 10.0 Å². The molecule has 0 spiro atoms. The Labute approximate surface area is 194 Å². The Morgan fingerprint density at radius 2 is 1.75 bits per heavy atom. The Hall–Kier alpha value is -2.03. The van der Waals surface area contributed by atoms with Crippen molar-refractivity contribution in [1.29, 1.82) is 0 Å². The van der Waals surface area contributed by atoms with Crippen LogP contribution in [0.5, 0.6) is 0 Å². The monoisotopic (exact) mass is 491 g/mol. The quantitative estimate of drug-likeness (QED) is 0.510. The number of likely N-dealkylation sites (N-methyl/N-ethyl adjacent to an activating group) is 1. The zero-order chi connectivity index (χ0) is 23.8. The third-order valence-electron chi connectivity index (χ3n) is 5.65. The van der Waals surface area contributed by atoms with Gasteiger partial charge in [0.2, 0.25) is 0 Å². The number of halogens is 6. The Balaban J connectivity index is 1.87. The third kappa shape index (κ3) is 5.30. The number of alkyl halides is 3. The predicted molar refractivity (Wildman–Crippen MR) is 117 cm³/mol. The van der Waals surface area contributed by atoms with E-state index in [0.717, 1.165) is 17.7 Å². The molecule has 0 saturated carbocycles. The summed E-state index contributed by atoms with van der Waals surface area (Å²) in [6, 6.07) is 7.92. The minimum Gasteiger partial charge on any atom is -0.331 e. The zero-order valence-corrected chi connectivity index (χ0v) is 19.3. The molecule has 2 aromatic carbocycles. The SMILES string of the molecule is CN(C)C(=O)N1CC(N(C)Cc2ccc(C(F)(F)F)c(F)c2)[C@@H](c2ccc(Cl)c(Cl)c2)C1. The normalized spacial score (nSPS) is 19.0. The maximum absolute atomic E-state index is 14.0. The van der Waals surface area contributed by atoms with Crippen molar-refractivity contribution in [2.45, 2.75) is 24.7 Å². The standard InChI is InChI=1S/C22H23Cl2F4N3O/c1-29(2)21(32)31-11-15(14-5-7-17(23)18(24)9-14)20(12-31)30(3)10-13-4-6-16(19(25)8-13)22(26,27)28/h4-9,15,20H,10-12H2,1-3H3/t15-,20?/m1/s1. The highest BCUT2D eigenvalue weighted by Gasteiger charge is 2.39. The van der Waals surface area contributed by atoms with Crippen LogP contribution in [0.3, 0.4) is 0 Å². The van der Waals surface area contributed by atoms with Crippen LogP contribution < -0.4 is 0 Å². The van der Waals surface area contributed by atoms with Gasteiger partial charge in [-0.3, -0.25) is 4.90 Å². The molecule has 4 nitrogen and oxygen atoms in total. The third-order valence-corrected chi connectivity index (χ3v) is 6.39. The first-order chi connectivity index (χ1) is 14.9. The molecule has 0 radical (unpaired) electrons. The van der Waals surface area contributed by atoms with Crippen LogP contribution in [-0.4, -0.2) is 61.0 Å². The van der Waals surface area contributed by atoms with E-state index in [1.807, 2.05) is 11.0 Å². The number of likely N-dealkylation sites (tertiary alicyclic amines) is 1. The molecule has 2 atom stereocenters. The Morgan fingerprint density at radius 3 is 2.31 bits per heavy atom. The summed E-state index contributed by atoms with van der Waals surface area (Å²) in [4.78, 5) is 17.7. The molecule has 0 aromatic heterocycles. The van der Waals surface area contributed by atoms with E-state index in [4.69, 9.17) is 23.2 Å². The number of rotatable bonds is 4. The van der Waals surface area contributed by atoms with E-state index in [0.29, 0.717) is 28.7 Å². The van der Waals surface area contributed by atoms with E-state index in [1.54, 1.807) is 38.2 Å². The minimum atomic E-state index is -4.74. The number of carbonyl (C=O) groups is 1. The van der Waals surface area contributed by atoms with Gasteiger partial charge in [0.05, 0.1) is 15.6 Å². The highest BCUT2D eigenvalue weighted by molar-refractivity contribution is 6.42. The second-order valence-electron chi connectivity index (χ2n) is 8.16. The minimum absolute atomic E-state index is 0.113. The first kappa shape index (κ1) is 24.6. The van der Waals surface area contributed by atoms with Crippen molar-refractivity contribution < 1.29 is 22.4 Å². The van der Waals surface area contributed by atoms with Crippen LogP contribution in [0.4, 0.5) is 22.4 Å². The molecule has 3 rings (SSSR count). The van der Waals surface area contributed by atoms with E-state index >= 15 is 0 Å². The van der Waals surface area contributed by atoms with E-state index in [-0.39, 0.29) is 24.5 Å². The molecular formula is C22H23Cl2F4N3O. The molecule has 1 aliphatic heterocycles. The molecule has 2 amide bonds. The molecule has 174 valence electrons. The molecule has 32 heavy (non-hydrogen) atoms. The summed E-state index contributed by atoms with van der Waals surface area (Å²) in [5.41, 5.74) is 0.00777. The van der Waals surface area contributed by atoms with E-state index in [2.05, 4.69) is 0 Å². The molecule has 1 aliphatic rings. The van der Waals surface area contributed by atoms with Gasteiger partial charge in [-0.2, -0.15) is 13.2 Å². The van der Waals surface area contributed by atoms with Gasteiger partial charge >= 0.3 is 12.2 Å². The van der Waals surface area contributed by atoms with Crippen molar-refractivity contribution in [3.63, 3.8) is 0 Å². The summed E-state index contributed by atoms with van der Waals surface area (Å²) < 4.78 is 52.6. The maximum atomic E-state index is 14.0. The fraction of sp³-hybridized carbons (Fsp3) is 0.409. The number of hydrogen-bond donors (Lipinski definition) is 0. The number of carbonyl (C=O) groups excluding carboxylic acids is 1. The van der Waals surface area contributed by atoms with Crippen molar-refractivity contribution in [3.05, 3.63) is 69.0 Å². The van der Waals surface area contributed by atoms with Crippen LogP contribution in [0.25, 0.3) is 0 Å². The second-order valence-corrected chi connectivity index (χ2v) is 8.97. The summed E-state index contributed by atoms with van der Waals surface area (Å²) in [6.45, 7) is 1.05. The molecule has 10 heteroatoms. The lowest BCUT2D eigenvalue weighted by atomic mass is 9.93. The summed E-state index contributed by atoms with van der Waals surface area (Å²) in [5.74, 6) is -1.42. The van der Waals surface area contributed by atoms with Gasteiger partial charge in [-0.1, -0.05) is 35.3 Å². The lowest BCUT2D eigenvalue weighted by molar-refractivity contribution is -0.140. The smallest absolute Gasteiger partial charge is 0.331 e.